The van der Waals surface area contributed by atoms with Crippen molar-refractivity contribution >= 4 is 39.1 Å². The van der Waals surface area contributed by atoms with Crippen LogP contribution in [0, 0.1) is 17.8 Å². The van der Waals surface area contributed by atoms with Crippen molar-refractivity contribution in [1.82, 2.24) is 9.62 Å². The molecule has 0 aromatic heterocycles. The predicted molar refractivity (Wildman–Crippen MR) is 183 cm³/mol. The molecule has 2 N–H and O–H groups in total. The predicted octanol–water partition coefficient (Wildman–Crippen LogP) is 5.09. The van der Waals surface area contributed by atoms with Crippen LogP contribution in [0.5, 0.6) is 5.75 Å². The monoisotopic (exact) mass is 683 g/mol. The summed E-state index contributed by atoms with van der Waals surface area (Å²) in [6.07, 6.45) is 8.31. The summed E-state index contributed by atoms with van der Waals surface area (Å²) in [6, 6.07) is 11.2. The molecule has 6 atom stereocenters. The van der Waals surface area contributed by atoms with Gasteiger partial charge >= 0.3 is 0 Å². The number of sulfonamides is 1. The maximum Gasteiger partial charge on any atom is 0.264 e. The average Bonchev–Trinajstić information content (AvgIpc) is 3.14. The fourth-order valence-electron chi connectivity index (χ4n) is 7.96. The van der Waals surface area contributed by atoms with E-state index in [1.165, 1.54) is 16.0 Å². The first kappa shape index (κ1) is 33.8. The number of fused-ring (bicyclic) bond motifs is 4. The highest BCUT2D eigenvalue weighted by atomic mass is 35.5. The van der Waals surface area contributed by atoms with Crippen molar-refractivity contribution in [1.29, 1.82) is 0 Å². The number of ether oxygens (including phenoxy) is 1. The standard InChI is InChI=1S/C36H46ClN3O6S/c1-23-7-5-16-36(43,19-33(41)39(3)4)30-12-9-27(30)20-40-21-35(15-6-8-25-17-28(37)11-13-29(25)35)22-46-32-14-10-26(18-31(32)40)34(42)38-47(44,45)24(23)2/h5,10-11,13-14,16-18,23-24,27,30,43H,6-9,12,15,19-22H2,1-4H3,(H,38,42)/b16-5+/t23-,24+,27-,30+,35-,36+/m0/s1. The van der Waals surface area contributed by atoms with Gasteiger partial charge in [-0.2, -0.15) is 0 Å². The van der Waals surface area contributed by atoms with Crippen molar-refractivity contribution < 1.29 is 27.9 Å². The van der Waals surface area contributed by atoms with Gasteiger partial charge in [0.25, 0.3) is 5.91 Å². The largest absolute Gasteiger partial charge is 0.490 e. The molecule has 11 heteroatoms. The Morgan fingerprint density at radius 2 is 1.96 bits per heavy atom. The first-order chi connectivity index (χ1) is 22.2. The Kier molecular flexibility index (Phi) is 9.17. The van der Waals surface area contributed by atoms with E-state index in [0.29, 0.717) is 36.9 Å². The first-order valence-corrected chi connectivity index (χ1v) is 18.6. The van der Waals surface area contributed by atoms with E-state index in [1.54, 1.807) is 45.3 Å². The van der Waals surface area contributed by atoms with Gasteiger partial charge in [-0.15, -0.1) is 0 Å². The van der Waals surface area contributed by atoms with Crippen LogP contribution in [0.3, 0.4) is 0 Å². The molecule has 254 valence electrons. The van der Waals surface area contributed by atoms with Crippen molar-refractivity contribution in [2.75, 3.05) is 38.7 Å². The highest BCUT2D eigenvalue weighted by Gasteiger charge is 2.49. The van der Waals surface area contributed by atoms with Gasteiger partial charge in [-0.1, -0.05) is 36.7 Å². The van der Waals surface area contributed by atoms with E-state index in [2.05, 4.69) is 15.7 Å². The van der Waals surface area contributed by atoms with E-state index in [0.717, 1.165) is 37.8 Å². The average molecular weight is 684 g/mol. The second-order valence-electron chi connectivity index (χ2n) is 14.5. The number of carbonyl (C=O) groups is 2. The molecular weight excluding hydrogens is 638 g/mol. The van der Waals surface area contributed by atoms with Crippen molar-refractivity contribution in [3.8, 4) is 5.75 Å². The lowest BCUT2D eigenvalue weighted by atomic mass is 9.63. The van der Waals surface area contributed by atoms with E-state index in [9.17, 15) is 23.1 Å². The molecule has 0 unspecified atom stereocenters. The molecule has 0 radical (unpaired) electrons. The third-order valence-electron chi connectivity index (χ3n) is 11.2. The van der Waals surface area contributed by atoms with E-state index in [4.69, 9.17) is 16.3 Å². The quantitative estimate of drug-likeness (QED) is 0.424. The molecule has 2 aliphatic carbocycles. The number of nitrogens with zero attached hydrogens (tertiary/aromatic N) is 2. The fraction of sp³-hybridized carbons (Fsp3) is 0.556. The van der Waals surface area contributed by atoms with Gasteiger partial charge in [-0.3, -0.25) is 9.59 Å². The van der Waals surface area contributed by atoms with Crippen LogP contribution in [-0.2, 0) is 26.7 Å². The molecule has 2 aromatic carbocycles. The van der Waals surface area contributed by atoms with Gasteiger partial charge in [0.05, 0.1) is 29.6 Å². The maximum atomic E-state index is 13.5. The van der Waals surface area contributed by atoms with E-state index in [-0.39, 0.29) is 41.1 Å². The van der Waals surface area contributed by atoms with Crippen molar-refractivity contribution in [3.63, 3.8) is 0 Å². The van der Waals surface area contributed by atoms with Gasteiger partial charge in [0, 0.05) is 43.2 Å². The summed E-state index contributed by atoms with van der Waals surface area (Å²) in [6.45, 7) is 5.03. The smallest absolute Gasteiger partial charge is 0.264 e. The van der Waals surface area contributed by atoms with E-state index >= 15 is 0 Å². The lowest BCUT2D eigenvalue weighted by Gasteiger charge is -2.49. The summed E-state index contributed by atoms with van der Waals surface area (Å²) >= 11 is 6.42. The van der Waals surface area contributed by atoms with Crippen LogP contribution >= 0.6 is 11.6 Å². The number of carbonyl (C=O) groups excluding carboxylic acids is 2. The van der Waals surface area contributed by atoms with Gasteiger partial charge in [0.15, 0.2) is 0 Å². The van der Waals surface area contributed by atoms with Gasteiger partial charge in [0.1, 0.15) is 5.75 Å². The third kappa shape index (κ3) is 6.53. The van der Waals surface area contributed by atoms with E-state index in [1.807, 2.05) is 25.1 Å². The summed E-state index contributed by atoms with van der Waals surface area (Å²) in [5.74, 6) is -0.685. The van der Waals surface area contributed by atoms with Crippen LogP contribution in [0.2, 0.25) is 5.02 Å². The maximum absolute atomic E-state index is 13.5. The number of nitrogens with one attached hydrogen (secondary N) is 1. The van der Waals surface area contributed by atoms with Crippen LogP contribution in [0.4, 0.5) is 5.69 Å². The summed E-state index contributed by atoms with van der Waals surface area (Å²) in [5.41, 5.74) is 1.64. The number of benzene rings is 2. The number of allylic oxidation sites excluding steroid dienone is 1. The fourth-order valence-corrected chi connectivity index (χ4v) is 9.44. The molecule has 9 nitrogen and oxygen atoms in total. The molecule has 2 aromatic rings. The Bertz CT molecular complexity index is 1700. The molecule has 0 saturated heterocycles. The molecule has 2 heterocycles. The highest BCUT2D eigenvalue weighted by molar-refractivity contribution is 7.90. The summed E-state index contributed by atoms with van der Waals surface area (Å²) in [4.78, 5) is 30.3. The molecule has 2 bridgehead atoms. The highest BCUT2D eigenvalue weighted by Crippen LogP contribution is 2.49. The molecule has 1 saturated carbocycles. The topological polar surface area (TPSA) is 116 Å². The SMILES string of the molecule is C[C@@H]1[C@@H](C)C/C=C/[C@@](O)(CC(=O)N(C)C)[C@@H]2CC[C@H]2CN2C[C@@]3(CCCc4cc(Cl)ccc43)COc3ccc(cc32)C(=O)NS1(=O)=O. The van der Waals surface area contributed by atoms with Crippen molar-refractivity contribution in [2.24, 2.45) is 17.8 Å². The first-order valence-electron chi connectivity index (χ1n) is 16.7. The van der Waals surface area contributed by atoms with Crippen LogP contribution in [0.1, 0.15) is 73.9 Å². The zero-order valence-electron chi connectivity index (χ0n) is 27.7. The van der Waals surface area contributed by atoms with Gasteiger partial charge in [-0.25, -0.2) is 13.1 Å². The van der Waals surface area contributed by atoms with Crippen LogP contribution < -0.4 is 14.4 Å². The zero-order valence-corrected chi connectivity index (χ0v) is 29.2. The van der Waals surface area contributed by atoms with Gasteiger partial charge in [-0.05, 0) is 105 Å². The third-order valence-corrected chi connectivity index (χ3v) is 13.3. The Balaban J connectivity index is 1.45. The van der Waals surface area contributed by atoms with Crippen molar-refractivity contribution in [2.45, 2.75) is 75.1 Å². The normalized spacial score (nSPS) is 32.5. The summed E-state index contributed by atoms with van der Waals surface area (Å²) < 4.78 is 35.6. The lowest BCUT2D eigenvalue weighted by molar-refractivity contribution is -0.137. The Morgan fingerprint density at radius 1 is 1.17 bits per heavy atom. The number of anilines is 1. The van der Waals surface area contributed by atoms with Crippen LogP contribution in [0.15, 0.2) is 48.6 Å². The number of hydrogen-bond donors (Lipinski definition) is 2. The van der Waals surface area contributed by atoms with Gasteiger partial charge in [0.2, 0.25) is 15.9 Å². The Labute approximate surface area is 283 Å². The number of aryl methyl sites for hydroxylation is 1. The molecule has 1 fully saturated rings. The zero-order chi connectivity index (χ0) is 33.7. The molecule has 1 spiro atoms. The molecular formula is C36H46ClN3O6S. The molecule has 47 heavy (non-hydrogen) atoms. The number of hydrogen-bond acceptors (Lipinski definition) is 7. The van der Waals surface area contributed by atoms with Crippen LogP contribution in [0.25, 0.3) is 0 Å². The van der Waals surface area contributed by atoms with E-state index < -0.39 is 26.8 Å². The number of amides is 2. The lowest BCUT2D eigenvalue weighted by Crippen LogP contribution is -2.53. The number of aliphatic hydroxyl groups is 1. The minimum absolute atomic E-state index is 0.0577. The second-order valence-corrected chi connectivity index (χ2v) is 17.0. The summed E-state index contributed by atoms with van der Waals surface area (Å²) in [7, 11) is -0.643. The molecule has 6 rings (SSSR count). The molecule has 2 aliphatic heterocycles. The van der Waals surface area contributed by atoms with Crippen LogP contribution in [-0.4, -0.2) is 74.9 Å². The molecule has 4 aliphatic rings. The Morgan fingerprint density at radius 3 is 2.68 bits per heavy atom. The minimum Gasteiger partial charge on any atom is -0.490 e. The Hall–Kier alpha value is -3.08. The summed E-state index contributed by atoms with van der Waals surface area (Å²) in [5, 5.41) is 12.1. The van der Waals surface area contributed by atoms with Gasteiger partial charge < -0.3 is 19.6 Å². The second kappa shape index (κ2) is 12.7. The number of halogens is 1. The minimum atomic E-state index is -4.02. The molecule has 2 amide bonds. The number of rotatable bonds is 2. The van der Waals surface area contributed by atoms with Crippen molar-refractivity contribution in [3.05, 3.63) is 70.3 Å².